The van der Waals surface area contributed by atoms with Crippen LogP contribution in [0.3, 0.4) is 0 Å². The molecule has 0 saturated carbocycles. The van der Waals surface area contributed by atoms with E-state index in [0.29, 0.717) is 34.8 Å². The van der Waals surface area contributed by atoms with Crippen LogP contribution in [0.4, 0.5) is 0 Å². The van der Waals surface area contributed by atoms with E-state index in [9.17, 15) is 19.6 Å². The van der Waals surface area contributed by atoms with E-state index in [-0.39, 0.29) is 30.1 Å². The summed E-state index contributed by atoms with van der Waals surface area (Å²) in [4.78, 5) is 35.3. The van der Waals surface area contributed by atoms with Gasteiger partial charge in [0.15, 0.2) is 23.0 Å². The summed E-state index contributed by atoms with van der Waals surface area (Å²) in [5, 5.41) is 42.8. The second-order valence-electron chi connectivity index (χ2n) is 32.9. The number of methoxy groups -OCH3 is 6. The Morgan fingerprint density at radius 2 is 0.819 bits per heavy atom. The minimum atomic E-state index is -0.336. The Kier molecular flexibility index (Phi) is 29.9. The smallest absolute Gasteiger partial charge is 0.340 e. The summed E-state index contributed by atoms with van der Waals surface area (Å²) in [6.45, 7) is 29.6. The molecule has 13 heterocycles. The van der Waals surface area contributed by atoms with Crippen molar-refractivity contribution in [1.82, 2.24) is 67.8 Å². The molecule has 0 radical (unpaired) electrons. The lowest BCUT2D eigenvalue weighted by Gasteiger charge is -2.19. The average molecular weight is 1860 g/mol. The van der Waals surface area contributed by atoms with Gasteiger partial charge in [0.25, 0.3) is 0 Å². The van der Waals surface area contributed by atoms with E-state index in [2.05, 4.69) is 205 Å². The number of nitrogens with zero attached hydrogens (tertiary/aromatic N) is 13. The SMILES string of the molecule is CCOC(=O)c1cn(CC)c2cc3c(cc12)OCO3.CCn1c(-c2ccc(C(C)(C)C)cc2)c(C#N)c2ccc(OC)cc21.CCn1cc(-c2ccn[nH]2)c2ccc(C(=O)OC)cc21.CCn1cc(-c2ccn[nH]2)c2ccc(OC)cc21.CCn1cc(-c2ccno2)c2ccc(C(=O)OC)cc21.CCn1cc(-c2ccno2)c2ccc(OC)cc21.CCn1cc(-c2ccon2)c2ccc(OC)cc21. The van der Waals surface area contributed by atoms with Crippen LogP contribution in [0.1, 0.15) is 118 Å². The number of ether oxygens (including phenoxy) is 9. The van der Waals surface area contributed by atoms with E-state index in [1.807, 2.05) is 139 Å². The summed E-state index contributed by atoms with van der Waals surface area (Å²) in [7, 11) is 9.48. The molecule has 1 aliphatic heterocycles. The van der Waals surface area contributed by atoms with Crippen molar-refractivity contribution in [3.05, 3.63) is 272 Å². The lowest BCUT2D eigenvalue weighted by molar-refractivity contribution is 0.0526. The van der Waals surface area contributed by atoms with Gasteiger partial charge >= 0.3 is 17.9 Å². The average Bonchev–Trinajstić information content (AvgIpc) is 1.60. The largest absolute Gasteiger partial charge is 0.497 e. The predicted molar refractivity (Wildman–Crippen MR) is 535 cm³/mol. The van der Waals surface area contributed by atoms with Crippen LogP contribution in [0.15, 0.2) is 258 Å². The highest BCUT2D eigenvalue weighted by atomic mass is 16.7. The standard InChI is InChI=1S/C22H24N2O.C15H15N3O2.C15H14N2O3.C14H15N3O.2C14H14N2O2.C14H15NO4/c1-6-24-20-13-17(25-5)11-12-18(20)19(14-23)21(24)15-7-9-16(10-8-15)22(2,3)4;1-3-18-9-12(13-6-7-16-17-13)11-5-4-10(8-14(11)18)15(19)20-2;1-3-17-9-12(14-6-7-16-20-14)11-5-4-10(8-13(11)17)15(18)19-2;1-3-17-9-12(13-6-7-15-16-13)11-5-4-10(18-2)8-14(11)17;1-3-16-9-12(14-6-7-15-18-14)11-5-4-10(17-2)8-13(11)16;1-3-16-9-12(13-6-7-18-15-13)11-5-4-10(17-2)8-14(11)16;1-3-15-7-10(14(16)17-4-2)9-5-12-13(6-11(9)15)19-8-18-12/h7-13H,6H2,1-5H3;4-9H,3H2,1-2H3,(H,16,17);4-9H,3H2,1-2H3;4-9H,3H2,1-2H3,(H,15,16);2*4-9H,3H2,1-2H3;5-7H,3-4,8H2,1-2H3. The molecule has 1 aliphatic rings. The van der Waals surface area contributed by atoms with Crippen LogP contribution >= 0.6 is 0 Å². The van der Waals surface area contributed by atoms with Gasteiger partial charge in [0.2, 0.25) is 6.79 Å². The third kappa shape index (κ3) is 19.9. The summed E-state index contributed by atoms with van der Waals surface area (Å²) >= 11 is 0. The first-order chi connectivity index (χ1) is 67.1. The Morgan fingerprint density at radius 1 is 0.413 bits per heavy atom. The highest BCUT2D eigenvalue weighted by molar-refractivity contribution is 6.07. The molecule has 0 amide bonds. The molecule has 20 aromatic rings. The molecule has 0 aliphatic carbocycles. The quantitative estimate of drug-likeness (QED) is 0.0498. The van der Waals surface area contributed by atoms with Gasteiger partial charge in [-0.1, -0.05) is 72.6 Å². The van der Waals surface area contributed by atoms with Crippen molar-refractivity contribution in [3.63, 3.8) is 0 Å². The molecule has 0 bridgehead atoms. The van der Waals surface area contributed by atoms with Crippen molar-refractivity contribution in [2.45, 2.75) is 127 Å². The van der Waals surface area contributed by atoms with Crippen LogP contribution in [0, 0.1) is 11.3 Å². The Balaban J connectivity index is 0.000000122. The van der Waals surface area contributed by atoms with Gasteiger partial charge in [-0.15, -0.1) is 0 Å². The van der Waals surface area contributed by atoms with Crippen molar-refractivity contribution in [1.29, 1.82) is 5.26 Å². The first kappa shape index (κ1) is 95.9. The molecule has 2 N–H and O–H groups in total. The number of carbonyl (C=O) groups excluding carboxylic acids is 3. The number of benzene rings is 8. The highest BCUT2D eigenvalue weighted by Crippen LogP contribution is 2.42. The number of H-pyrrole nitrogens is 2. The summed E-state index contributed by atoms with van der Waals surface area (Å²) in [5.41, 5.74) is 21.5. The Hall–Kier alpha value is -16.7. The van der Waals surface area contributed by atoms with Crippen LogP contribution in [-0.2, 0) is 65.4 Å². The van der Waals surface area contributed by atoms with Gasteiger partial charge < -0.3 is 88.2 Å². The minimum absolute atomic E-state index is 0.113. The molecule has 30 heteroatoms. The molecule has 0 unspecified atom stereocenters. The number of aromatic amines is 2. The highest BCUT2D eigenvalue weighted by Gasteiger charge is 2.26. The molecule has 21 rings (SSSR count). The number of hydrogen-bond donors (Lipinski definition) is 2. The molecular weight excluding hydrogens is 1750 g/mol. The van der Waals surface area contributed by atoms with E-state index >= 15 is 0 Å². The van der Waals surface area contributed by atoms with Gasteiger partial charge in [0, 0.05) is 220 Å². The maximum absolute atomic E-state index is 12.0. The van der Waals surface area contributed by atoms with E-state index < -0.39 is 0 Å². The third-order valence-electron chi connectivity index (χ3n) is 24.2. The molecule has 8 aromatic carbocycles. The fourth-order valence-corrected chi connectivity index (χ4v) is 17.1. The number of nitriles is 1. The summed E-state index contributed by atoms with van der Waals surface area (Å²) in [6.07, 6.45) is 20.6. The number of carbonyl (C=O) groups is 3. The Bertz CT molecular complexity index is 7220. The van der Waals surface area contributed by atoms with Crippen LogP contribution in [0.5, 0.6) is 34.5 Å². The van der Waals surface area contributed by atoms with Gasteiger partial charge in [-0.05, 0) is 163 Å². The minimum Gasteiger partial charge on any atom is -0.497 e. The number of aromatic nitrogens is 14. The van der Waals surface area contributed by atoms with E-state index in [1.165, 1.54) is 36.2 Å². The zero-order chi connectivity index (χ0) is 97.4. The van der Waals surface area contributed by atoms with E-state index in [1.54, 1.807) is 78.5 Å². The van der Waals surface area contributed by atoms with Gasteiger partial charge in [0.1, 0.15) is 41.0 Å². The number of esters is 3. The first-order valence-electron chi connectivity index (χ1n) is 45.6. The summed E-state index contributed by atoms with van der Waals surface area (Å²) in [6, 6.07) is 59.5. The zero-order valence-corrected chi connectivity index (χ0v) is 80.4. The predicted octanol–water partition coefficient (Wildman–Crippen LogP) is 23.7. The van der Waals surface area contributed by atoms with Crippen molar-refractivity contribution >= 4 is 94.2 Å². The second-order valence-corrected chi connectivity index (χ2v) is 32.9. The maximum atomic E-state index is 12.0. The lowest BCUT2D eigenvalue weighted by Crippen LogP contribution is -2.10. The third-order valence-corrected chi connectivity index (χ3v) is 24.2. The molecule has 138 heavy (non-hydrogen) atoms. The first-order valence-corrected chi connectivity index (χ1v) is 45.6. The number of aryl methyl sites for hydroxylation is 7. The van der Waals surface area contributed by atoms with Crippen LogP contribution in [0.25, 0.3) is 144 Å². The molecule has 0 atom stereocenters. The van der Waals surface area contributed by atoms with Gasteiger partial charge in [-0.2, -0.15) is 15.5 Å². The van der Waals surface area contributed by atoms with Gasteiger partial charge in [0.05, 0.1) is 129 Å². The van der Waals surface area contributed by atoms with Crippen LogP contribution < -0.4 is 28.4 Å². The second kappa shape index (κ2) is 43.1. The van der Waals surface area contributed by atoms with Crippen molar-refractivity contribution < 1.29 is 70.6 Å². The maximum Gasteiger partial charge on any atom is 0.340 e. The van der Waals surface area contributed by atoms with Crippen LogP contribution in [0.2, 0.25) is 0 Å². The summed E-state index contributed by atoms with van der Waals surface area (Å²) < 4.78 is 76.9. The normalized spacial score (nSPS) is 11.3. The number of hydrogen-bond acceptors (Lipinski definition) is 21. The van der Waals surface area contributed by atoms with Crippen molar-refractivity contribution in [2.75, 3.05) is 56.1 Å². The Morgan fingerprint density at radius 3 is 1.21 bits per heavy atom. The van der Waals surface area contributed by atoms with E-state index in [0.717, 1.165) is 202 Å². The monoisotopic (exact) mass is 1860 g/mol. The molecule has 0 spiro atoms. The van der Waals surface area contributed by atoms with Gasteiger partial charge in [-0.25, -0.2) is 14.4 Å². The van der Waals surface area contributed by atoms with Crippen molar-refractivity contribution in [3.8, 4) is 108 Å². The number of fused-ring (bicyclic) bond motifs is 8. The molecular formula is C108H111N15O15. The molecule has 708 valence electrons. The van der Waals surface area contributed by atoms with Crippen LogP contribution in [-0.4, -0.2) is 142 Å². The van der Waals surface area contributed by atoms with E-state index in [4.69, 9.17) is 56.2 Å². The molecule has 0 saturated heterocycles. The van der Waals surface area contributed by atoms with Gasteiger partial charge in [-0.3, -0.25) is 10.2 Å². The topological polar surface area (TPSA) is 328 Å². The number of nitrogens with one attached hydrogen (secondary N) is 2. The Labute approximate surface area is 797 Å². The van der Waals surface area contributed by atoms with Crippen molar-refractivity contribution in [2.24, 2.45) is 0 Å². The molecule has 0 fully saturated rings. The zero-order valence-electron chi connectivity index (χ0n) is 80.4. The fourth-order valence-electron chi connectivity index (χ4n) is 17.1. The molecule has 30 nitrogen and oxygen atoms in total. The molecule has 12 aromatic heterocycles. The number of rotatable bonds is 21. The fraction of sp³-hybridized carbons (Fsp3) is 0.250. The lowest BCUT2D eigenvalue weighted by atomic mass is 9.86. The summed E-state index contributed by atoms with van der Waals surface area (Å²) in [5.74, 6) is 5.34.